The molecule has 4 heterocycles. The van der Waals surface area contributed by atoms with E-state index in [1.165, 1.54) is 57.3 Å². The predicted molar refractivity (Wildman–Crippen MR) is 153 cm³/mol. The summed E-state index contributed by atoms with van der Waals surface area (Å²) in [5.74, 6) is -2.21. The number of nitrogens with one attached hydrogen (secondary N) is 1. The monoisotopic (exact) mass is 623 g/mol. The van der Waals surface area contributed by atoms with Gasteiger partial charge in [-0.05, 0) is 23.6 Å². The lowest BCUT2D eigenvalue weighted by molar-refractivity contribution is -0.156. The number of aromatic nitrogens is 1. The van der Waals surface area contributed by atoms with Gasteiger partial charge in [-0.15, -0.1) is 34.4 Å². The molecule has 0 radical (unpaired) electrons. The molecule has 1 aromatic carbocycles. The quantitative estimate of drug-likeness (QED) is 0.101. The number of carboxylic acid groups (broad SMARTS) is 1. The summed E-state index contributed by atoms with van der Waals surface area (Å²) in [5.41, 5.74) is 3.74. The maximum absolute atomic E-state index is 12.9. The van der Waals surface area contributed by atoms with Gasteiger partial charge in [-0.1, -0.05) is 34.6 Å². The van der Waals surface area contributed by atoms with E-state index < -0.39 is 34.6 Å². The zero-order chi connectivity index (χ0) is 27.9. The number of β-lactam (4-membered cyclic amide) rings is 1. The third-order valence-electron chi connectivity index (χ3n) is 6.14. The highest BCUT2D eigenvalue weighted by Crippen LogP contribution is 2.43. The molecule has 5 N–H and O–H groups in total. The molecule has 0 bridgehead atoms. The first-order valence-corrected chi connectivity index (χ1v) is 15.1. The number of nitrogens with two attached hydrogens (primary N) is 1. The van der Waals surface area contributed by atoms with Crippen LogP contribution in [0.4, 0.5) is 5.13 Å². The Hall–Kier alpha value is -3.11. The number of hydrogen-bond acceptors (Lipinski definition) is 12. The zero-order valence-electron chi connectivity index (χ0n) is 19.6. The van der Waals surface area contributed by atoms with Crippen molar-refractivity contribution in [1.82, 2.24) is 15.2 Å². The topological polar surface area (TPSA) is 175 Å². The van der Waals surface area contributed by atoms with Gasteiger partial charge in [0.05, 0.1) is 4.21 Å². The van der Waals surface area contributed by atoms with Crippen LogP contribution in [0.1, 0.15) is 5.69 Å². The van der Waals surface area contributed by atoms with E-state index in [-0.39, 0.29) is 34.3 Å². The molecule has 2 fully saturated rings. The van der Waals surface area contributed by atoms with Gasteiger partial charge in [0, 0.05) is 38.9 Å². The first kappa shape index (κ1) is 27.5. The predicted octanol–water partition coefficient (Wildman–Crippen LogP) is 2.91. The Kier molecular flexibility index (Phi) is 7.61. The molecule has 2 saturated heterocycles. The number of thiazole rings is 1. The molecular weight excluding hydrogens is 606 g/mol. The number of hydrogen-bond donors (Lipinski definition) is 4. The lowest BCUT2D eigenvalue weighted by Crippen LogP contribution is -2.73. The first-order valence-electron chi connectivity index (χ1n) is 11.1. The molecule has 2 aromatic heterocycles. The maximum Gasteiger partial charge on any atom is 0.316 e. The number of carboxylic acids is 1. The molecular formula is C23H18ClN5O6S4. The Morgan fingerprint density at radius 2 is 2.13 bits per heavy atom. The normalized spacial score (nSPS) is 23.1. The van der Waals surface area contributed by atoms with Gasteiger partial charge in [0.25, 0.3) is 5.91 Å². The van der Waals surface area contributed by atoms with Crippen LogP contribution < -0.4 is 16.5 Å². The Morgan fingerprint density at radius 3 is 2.82 bits per heavy atom. The van der Waals surface area contributed by atoms with E-state index >= 15 is 0 Å². The molecule has 2 aliphatic rings. The fourth-order valence-electron chi connectivity index (χ4n) is 4.11. The number of nitrogen functional groups attached to an aromatic ring is 1. The molecule has 0 spiro atoms. The molecule has 0 aliphatic carbocycles. The van der Waals surface area contributed by atoms with E-state index in [1.807, 2.05) is 0 Å². The van der Waals surface area contributed by atoms with E-state index in [2.05, 4.69) is 15.5 Å². The van der Waals surface area contributed by atoms with Crippen molar-refractivity contribution < 1.29 is 24.7 Å². The molecule has 2 unspecified atom stereocenters. The van der Waals surface area contributed by atoms with Gasteiger partial charge in [-0.2, -0.15) is 0 Å². The highest BCUT2D eigenvalue weighted by molar-refractivity contribution is 8.04. The number of amides is 2. The smallest absolute Gasteiger partial charge is 0.316 e. The number of benzene rings is 1. The standard InChI is InChI=1S/C23H18ClN5O6S4/c24-10-1-2-11-13(30)6-15(39-14(11)5-10)36-4-3-23(21(33)34)8-29-19(32)17(20(29)38-9-23)27-18(31)16(28-35)12-7-37-22(25)26-12/h1-7,17,20,35H,8-9H2,(H2,25,26)(H,27,31)(H,33,34)/t17?,20-,23?/m1/s1. The number of rotatable bonds is 7. The Bertz CT molecular complexity index is 1620. The number of anilines is 1. The van der Waals surface area contributed by atoms with Gasteiger partial charge in [0.1, 0.15) is 22.5 Å². The third kappa shape index (κ3) is 5.24. The minimum absolute atomic E-state index is 0.0736. The fraction of sp³-hybridized carbons (Fsp3) is 0.217. The van der Waals surface area contributed by atoms with E-state index in [0.29, 0.717) is 14.6 Å². The summed E-state index contributed by atoms with van der Waals surface area (Å²) in [7, 11) is 0. The van der Waals surface area contributed by atoms with Crippen molar-refractivity contribution in [1.29, 1.82) is 0 Å². The molecule has 202 valence electrons. The van der Waals surface area contributed by atoms with Crippen LogP contribution in [0, 0.1) is 5.41 Å². The van der Waals surface area contributed by atoms with E-state index in [0.717, 1.165) is 16.0 Å². The molecule has 2 aliphatic heterocycles. The molecule has 39 heavy (non-hydrogen) atoms. The number of carbonyl (C=O) groups is 3. The molecule has 16 heteroatoms. The molecule has 3 aromatic rings. The summed E-state index contributed by atoms with van der Waals surface area (Å²) in [4.78, 5) is 55.6. The van der Waals surface area contributed by atoms with Crippen molar-refractivity contribution in [3.8, 4) is 0 Å². The summed E-state index contributed by atoms with van der Waals surface area (Å²) >= 11 is 10.9. The fourth-order valence-corrected chi connectivity index (χ4v) is 8.52. The summed E-state index contributed by atoms with van der Waals surface area (Å²) in [5, 5.41) is 28.7. The molecule has 2 amide bonds. The van der Waals surface area contributed by atoms with E-state index in [9.17, 15) is 29.5 Å². The second kappa shape index (κ2) is 10.8. The van der Waals surface area contributed by atoms with Crippen LogP contribution in [0.25, 0.3) is 10.1 Å². The molecule has 11 nitrogen and oxygen atoms in total. The molecule has 5 rings (SSSR count). The first-order chi connectivity index (χ1) is 18.6. The average Bonchev–Trinajstić information content (AvgIpc) is 3.32. The maximum atomic E-state index is 12.9. The van der Waals surface area contributed by atoms with Gasteiger partial charge in [-0.25, -0.2) is 4.98 Å². The van der Waals surface area contributed by atoms with Crippen molar-refractivity contribution in [3.63, 3.8) is 0 Å². The SMILES string of the molecule is Nc1nc(C(=NO)C(=O)NC2C(=O)N3CC(C=CSc4cc(=O)c5ccc(Cl)cc5s4)(C(=O)O)CS[C@H]23)cs1. The summed E-state index contributed by atoms with van der Waals surface area (Å²) in [6.45, 7) is -0.0879. The summed E-state index contributed by atoms with van der Waals surface area (Å²) in [6.07, 6.45) is 1.53. The van der Waals surface area contributed by atoms with Gasteiger partial charge >= 0.3 is 5.97 Å². The van der Waals surface area contributed by atoms with E-state index in [4.69, 9.17) is 17.3 Å². The Labute approximate surface area is 241 Å². The lowest BCUT2D eigenvalue weighted by Gasteiger charge is -2.53. The third-order valence-corrected chi connectivity index (χ3v) is 10.6. The Balaban J connectivity index is 1.27. The highest BCUT2D eigenvalue weighted by atomic mass is 35.5. The number of halogens is 1. The van der Waals surface area contributed by atoms with Gasteiger partial charge in [0.2, 0.25) is 5.91 Å². The summed E-state index contributed by atoms with van der Waals surface area (Å²) < 4.78 is 1.39. The van der Waals surface area contributed by atoms with Gasteiger partial charge in [-0.3, -0.25) is 19.2 Å². The van der Waals surface area contributed by atoms with Gasteiger partial charge in [0.15, 0.2) is 16.3 Å². The number of thioether (sulfide) groups is 2. The van der Waals surface area contributed by atoms with Crippen LogP contribution in [0.5, 0.6) is 0 Å². The highest BCUT2D eigenvalue weighted by Gasteiger charge is 2.57. The van der Waals surface area contributed by atoms with Crippen LogP contribution in [-0.4, -0.2) is 67.4 Å². The molecule has 0 saturated carbocycles. The minimum atomic E-state index is -1.36. The lowest BCUT2D eigenvalue weighted by atomic mass is 9.87. The number of oxime groups is 1. The second-order valence-electron chi connectivity index (χ2n) is 8.59. The zero-order valence-corrected chi connectivity index (χ0v) is 23.6. The number of fused-ring (bicyclic) bond motifs is 2. The van der Waals surface area contributed by atoms with Gasteiger partial charge < -0.3 is 26.3 Å². The van der Waals surface area contributed by atoms with Crippen molar-refractivity contribution >= 4 is 96.5 Å². The number of carbonyl (C=O) groups excluding carboxylic acids is 2. The largest absolute Gasteiger partial charge is 0.481 e. The number of aliphatic carboxylic acids is 1. The van der Waals surface area contributed by atoms with Crippen molar-refractivity contribution in [2.75, 3.05) is 18.0 Å². The van der Waals surface area contributed by atoms with Crippen molar-refractivity contribution in [2.45, 2.75) is 15.6 Å². The average molecular weight is 624 g/mol. The Morgan fingerprint density at radius 1 is 1.33 bits per heavy atom. The van der Waals surface area contributed by atoms with Crippen LogP contribution >= 0.6 is 57.8 Å². The van der Waals surface area contributed by atoms with E-state index in [1.54, 1.807) is 23.6 Å². The van der Waals surface area contributed by atoms with Crippen LogP contribution in [-0.2, 0) is 14.4 Å². The van der Waals surface area contributed by atoms with Crippen LogP contribution in [0.15, 0.2) is 55.3 Å². The minimum Gasteiger partial charge on any atom is -0.481 e. The van der Waals surface area contributed by atoms with Crippen LogP contribution in [0.3, 0.4) is 0 Å². The van der Waals surface area contributed by atoms with Crippen molar-refractivity contribution in [2.24, 2.45) is 10.6 Å². The number of nitrogens with zero attached hydrogens (tertiary/aromatic N) is 3. The van der Waals surface area contributed by atoms with Crippen molar-refractivity contribution in [3.05, 3.63) is 62.1 Å². The van der Waals surface area contributed by atoms with Crippen LogP contribution in [0.2, 0.25) is 5.02 Å². The second-order valence-corrected chi connectivity index (χ2v) is 13.3. The molecule has 3 atom stereocenters. The summed E-state index contributed by atoms with van der Waals surface area (Å²) in [6, 6.07) is 5.60.